The molecule has 0 N–H and O–H groups in total. The standard InChI is InChI=1S/C12H17ClN2O2/c1-6-9-8(2)14-10(7-13)15(9)11(16)17-12(3,4)5/h6H,1,7H2,2-5H3. The van der Waals surface area contributed by atoms with Crippen LogP contribution in [0.1, 0.15) is 38.0 Å². The molecular weight excluding hydrogens is 240 g/mol. The van der Waals surface area contributed by atoms with Crippen LogP contribution in [-0.4, -0.2) is 21.2 Å². The summed E-state index contributed by atoms with van der Waals surface area (Å²) in [6.07, 6.45) is 1.09. The highest BCUT2D eigenvalue weighted by atomic mass is 35.5. The third-order valence-corrected chi connectivity index (χ3v) is 2.29. The zero-order valence-electron chi connectivity index (χ0n) is 10.6. The van der Waals surface area contributed by atoms with E-state index in [0.717, 1.165) is 0 Å². The average molecular weight is 257 g/mol. The van der Waals surface area contributed by atoms with Crippen molar-refractivity contribution in [3.8, 4) is 0 Å². The van der Waals surface area contributed by atoms with E-state index in [2.05, 4.69) is 11.6 Å². The Morgan fingerprint density at radius 1 is 1.59 bits per heavy atom. The number of rotatable bonds is 2. The molecule has 0 aromatic carbocycles. The summed E-state index contributed by atoms with van der Waals surface area (Å²) in [6.45, 7) is 10.9. The lowest BCUT2D eigenvalue weighted by molar-refractivity contribution is 0.0532. The van der Waals surface area contributed by atoms with E-state index in [-0.39, 0.29) is 5.88 Å². The van der Waals surface area contributed by atoms with Crippen LogP contribution in [-0.2, 0) is 10.6 Å². The molecule has 0 saturated carbocycles. The van der Waals surface area contributed by atoms with Gasteiger partial charge in [0.05, 0.1) is 17.3 Å². The fourth-order valence-corrected chi connectivity index (χ4v) is 1.62. The van der Waals surface area contributed by atoms with Gasteiger partial charge in [0, 0.05) is 0 Å². The highest BCUT2D eigenvalue weighted by molar-refractivity contribution is 6.16. The number of imidazole rings is 1. The molecule has 1 aromatic heterocycles. The number of carbonyl (C=O) groups excluding carboxylic acids is 1. The van der Waals surface area contributed by atoms with E-state index >= 15 is 0 Å². The van der Waals surface area contributed by atoms with Gasteiger partial charge in [-0.25, -0.2) is 14.3 Å². The molecular formula is C12H17ClN2O2. The topological polar surface area (TPSA) is 44.1 Å². The molecule has 0 unspecified atom stereocenters. The third kappa shape index (κ3) is 3.09. The van der Waals surface area contributed by atoms with Gasteiger partial charge in [-0.05, 0) is 33.8 Å². The Hall–Kier alpha value is -1.29. The SMILES string of the molecule is C=Cc1c(C)nc(CCl)n1C(=O)OC(C)(C)C. The van der Waals surface area contributed by atoms with Crippen molar-refractivity contribution in [3.05, 3.63) is 23.8 Å². The number of hydrogen-bond donors (Lipinski definition) is 0. The number of carbonyl (C=O) groups is 1. The fourth-order valence-electron chi connectivity index (χ4n) is 1.44. The van der Waals surface area contributed by atoms with Gasteiger partial charge in [0.2, 0.25) is 0 Å². The quantitative estimate of drug-likeness (QED) is 0.762. The van der Waals surface area contributed by atoms with E-state index in [0.29, 0.717) is 17.2 Å². The summed E-state index contributed by atoms with van der Waals surface area (Å²) in [5.41, 5.74) is 0.772. The molecule has 0 bridgehead atoms. The summed E-state index contributed by atoms with van der Waals surface area (Å²) in [5.74, 6) is 0.613. The zero-order chi connectivity index (χ0) is 13.2. The second-order valence-electron chi connectivity index (χ2n) is 4.65. The van der Waals surface area contributed by atoms with Gasteiger partial charge >= 0.3 is 6.09 Å². The van der Waals surface area contributed by atoms with Gasteiger partial charge in [0.25, 0.3) is 0 Å². The molecule has 0 aliphatic heterocycles. The molecule has 4 nitrogen and oxygen atoms in total. The number of ether oxygens (including phenoxy) is 1. The first-order valence-corrected chi connectivity index (χ1v) is 5.83. The van der Waals surface area contributed by atoms with Gasteiger partial charge in [-0.15, -0.1) is 11.6 Å². The molecule has 0 saturated heterocycles. The van der Waals surface area contributed by atoms with Crippen LogP contribution in [0.3, 0.4) is 0 Å². The predicted octanol–water partition coefficient (Wildman–Crippen LogP) is 3.36. The molecule has 94 valence electrons. The van der Waals surface area contributed by atoms with Gasteiger partial charge < -0.3 is 4.74 Å². The van der Waals surface area contributed by atoms with E-state index < -0.39 is 11.7 Å². The van der Waals surface area contributed by atoms with E-state index in [4.69, 9.17) is 16.3 Å². The summed E-state index contributed by atoms with van der Waals surface area (Å²) >= 11 is 5.76. The maximum absolute atomic E-state index is 12.0. The molecule has 5 heteroatoms. The highest BCUT2D eigenvalue weighted by Gasteiger charge is 2.23. The molecule has 0 atom stereocenters. The molecule has 0 amide bonds. The van der Waals surface area contributed by atoms with Crippen LogP contribution < -0.4 is 0 Å². The molecule has 0 radical (unpaired) electrons. The maximum atomic E-state index is 12.0. The molecule has 0 fully saturated rings. The smallest absolute Gasteiger partial charge is 0.420 e. The molecule has 0 aliphatic carbocycles. The first-order valence-electron chi connectivity index (χ1n) is 5.30. The summed E-state index contributed by atoms with van der Waals surface area (Å²) in [5, 5.41) is 0. The van der Waals surface area contributed by atoms with Crippen molar-refractivity contribution in [2.45, 2.75) is 39.2 Å². The average Bonchev–Trinajstić information content (AvgIpc) is 2.51. The highest BCUT2D eigenvalue weighted by Crippen LogP contribution is 2.17. The predicted molar refractivity (Wildman–Crippen MR) is 68.2 cm³/mol. The van der Waals surface area contributed by atoms with E-state index in [1.165, 1.54) is 4.57 Å². The lowest BCUT2D eigenvalue weighted by Crippen LogP contribution is -2.28. The molecule has 1 rings (SSSR count). The van der Waals surface area contributed by atoms with Gasteiger partial charge in [-0.2, -0.15) is 0 Å². The summed E-state index contributed by atoms with van der Waals surface area (Å²) in [6, 6.07) is 0. The number of alkyl halides is 1. The largest absolute Gasteiger partial charge is 0.443 e. The van der Waals surface area contributed by atoms with Crippen molar-refractivity contribution in [3.63, 3.8) is 0 Å². The Balaban J connectivity index is 3.19. The molecule has 0 spiro atoms. The summed E-state index contributed by atoms with van der Waals surface area (Å²) in [7, 11) is 0. The number of aromatic nitrogens is 2. The van der Waals surface area contributed by atoms with Crippen molar-refractivity contribution in [2.75, 3.05) is 0 Å². The first kappa shape index (κ1) is 13.8. The molecule has 17 heavy (non-hydrogen) atoms. The number of aryl methyl sites for hydroxylation is 1. The number of halogens is 1. The minimum Gasteiger partial charge on any atom is -0.443 e. The van der Waals surface area contributed by atoms with E-state index in [1.54, 1.807) is 13.0 Å². The lowest BCUT2D eigenvalue weighted by Gasteiger charge is -2.20. The normalized spacial score (nSPS) is 11.4. The molecule has 1 heterocycles. The van der Waals surface area contributed by atoms with Crippen LogP contribution in [0.5, 0.6) is 0 Å². The first-order chi connectivity index (χ1) is 7.80. The minimum absolute atomic E-state index is 0.147. The van der Waals surface area contributed by atoms with Crippen molar-refractivity contribution >= 4 is 23.8 Å². The van der Waals surface area contributed by atoms with Crippen molar-refractivity contribution in [1.82, 2.24) is 9.55 Å². The number of nitrogens with zero attached hydrogens (tertiary/aromatic N) is 2. The second kappa shape index (κ2) is 4.92. The summed E-state index contributed by atoms with van der Waals surface area (Å²) < 4.78 is 6.66. The van der Waals surface area contributed by atoms with Crippen LogP contribution in [0.15, 0.2) is 6.58 Å². The Morgan fingerprint density at radius 3 is 2.59 bits per heavy atom. The Labute approximate surface area is 106 Å². The zero-order valence-corrected chi connectivity index (χ0v) is 11.3. The van der Waals surface area contributed by atoms with Crippen molar-refractivity contribution < 1.29 is 9.53 Å². The third-order valence-electron chi connectivity index (χ3n) is 2.06. The van der Waals surface area contributed by atoms with Gasteiger partial charge in [-0.1, -0.05) is 6.58 Å². The Morgan fingerprint density at radius 2 is 2.18 bits per heavy atom. The number of hydrogen-bond acceptors (Lipinski definition) is 3. The van der Waals surface area contributed by atoms with E-state index in [1.807, 2.05) is 20.8 Å². The van der Waals surface area contributed by atoms with Crippen molar-refractivity contribution in [2.24, 2.45) is 0 Å². The Bertz CT molecular complexity index is 444. The fraction of sp³-hybridized carbons (Fsp3) is 0.500. The monoisotopic (exact) mass is 256 g/mol. The maximum Gasteiger partial charge on any atom is 0.420 e. The second-order valence-corrected chi connectivity index (χ2v) is 4.92. The molecule has 0 aliphatic rings. The lowest BCUT2D eigenvalue weighted by atomic mass is 10.2. The Kier molecular flexibility index (Phi) is 3.98. The van der Waals surface area contributed by atoms with Crippen LogP contribution in [0.4, 0.5) is 4.79 Å². The van der Waals surface area contributed by atoms with E-state index in [9.17, 15) is 4.79 Å². The van der Waals surface area contributed by atoms with Crippen LogP contribution in [0.25, 0.3) is 6.08 Å². The van der Waals surface area contributed by atoms with Crippen LogP contribution >= 0.6 is 11.6 Å². The van der Waals surface area contributed by atoms with Crippen LogP contribution in [0.2, 0.25) is 0 Å². The van der Waals surface area contributed by atoms with Crippen molar-refractivity contribution in [1.29, 1.82) is 0 Å². The van der Waals surface area contributed by atoms with Gasteiger partial charge in [0.15, 0.2) is 0 Å². The van der Waals surface area contributed by atoms with Gasteiger partial charge in [0.1, 0.15) is 11.4 Å². The molecule has 1 aromatic rings. The summed E-state index contributed by atoms with van der Waals surface area (Å²) in [4.78, 5) is 16.2. The minimum atomic E-state index is -0.558. The van der Waals surface area contributed by atoms with Gasteiger partial charge in [-0.3, -0.25) is 0 Å². The van der Waals surface area contributed by atoms with Crippen LogP contribution in [0, 0.1) is 6.92 Å².